The summed E-state index contributed by atoms with van der Waals surface area (Å²) >= 11 is 3.19. The quantitative estimate of drug-likeness (QED) is 0.456. The first-order chi connectivity index (χ1) is 16.0. The van der Waals surface area contributed by atoms with E-state index in [9.17, 15) is 9.18 Å². The summed E-state index contributed by atoms with van der Waals surface area (Å²) < 4.78 is 15.1. The molecule has 1 aliphatic rings. The third-order valence-electron chi connectivity index (χ3n) is 5.89. The molecule has 0 bridgehead atoms. The maximum absolute atomic E-state index is 14.8. The lowest BCUT2D eigenvalue weighted by Gasteiger charge is -2.30. The van der Waals surface area contributed by atoms with Gasteiger partial charge in [0.25, 0.3) is 5.91 Å². The normalized spacial score (nSPS) is 15.1. The van der Waals surface area contributed by atoms with Gasteiger partial charge < -0.3 is 10.6 Å². The predicted octanol–water partition coefficient (Wildman–Crippen LogP) is 5.20. The van der Waals surface area contributed by atoms with Gasteiger partial charge in [0.05, 0.1) is 16.1 Å². The van der Waals surface area contributed by atoms with E-state index >= 15 is 0 Å². The maximum atomic E-state index is 14.8. The fourth-order valence-corrected chi connectivity index (χ4v) is 4.37. The number of hydrogen-bond acceptors (Lipinski definition) is 5. The molecule has 2 aromatic carbocycles. The summed E-state index contributed by atoms with van der Waals surface area (Å²) in [6.07, 6.45) is 3.53. The second kappa shape index (κ2) is 10.9. The van der Waals surface area contributed by atoms with Gasteiger partial charge in [-0.2, -0.15) is 4.98 Å². The lowest BCUT2D eigenvalue weighted by atomic mass is 9.97. The van der Waals surface area contributed by atoms with Gasteiger partial charge >= 0.3 is 0 Å². The summed E-state index contributed by atoms with van der Waals surface area (Å²) in [6.45, 7) is 4.31. The lowest BCUT2D eigenvalue weighted by molar-refractivity contribution is 0.0976. The van der Waals surface area contributed by atoms with Gasteiger partial charge in [-0.05, 0) is 78.5 Å². The summed E-state index contributed by atoms with van der Waals surface area (Å²) in [6, 6.07) is 16.4. The van der Waals surface area contributed by atoms with E-state index in [1.807, 2.05) is 37.3 Å². The van der Waals surface area contributed by atoms with Crippen molar-refractivity contribution in [1.29, 1.82) is 0 Å². The molecule has 0 aliphatic carbocycles. The molecule has 3 aromatic rings. The molecule has 0 spiro atoms. The number of aromatic nitrogens is 2. The first kappa shape index (κ1) is 23.3. The second-order valence-corrected chi connectivity index (χ2v) is 9.08. The van der Waals surface area contributed by atoms with Gasteiger partial charge in [-0.3, -0.25) is 9.69 Å². The van der Waals surface area contributed by atoms with Crippen LogP contribution in [0.2, 0.25) is 0 Å². The Morgan fingerprint density at radius 1 is 1.18 bits per heavy atom. The van der Waals surface area contributed by atoms with Crippen molar-refractivity contribution in [3.05, 3.63) is 82.2 Å². The Labute approximate surface area is 201 Å². The minimum atomic E-state index is -0.567. The highest BCUT2D eigenvalue weighted by atomic mass is 79.9. The third kappa shape index (κ3) is 5.75. The molecule has 2 heterocycles. The fraction of sp³-hybridized carbons (Fsp3) is 0.320. The molecular weight excluding hydrogens is 485 g/mol. The standard InChI is InChI=1S/C25H27BrFN5O/c1-17(19-6-3-2-4-7-19)30-25-29-15-12-22(31-25)32(16-18-10-13-28-14-11-18)24(33)20-8-5-9-21(26)23(20)27/h2-9,12,15,17-18,28H,10-11,13-14,16H2,1H3,(H,29,30,31)/t17-/m0/s1. The van der Waals surface area contributed by atoms with Crippen LogP contribution >= 0.6 is 15.9 Å². The van der Waals surface area contributed by atoms with Crippen LogP contribution in [-0.2, 0) is 0 Å². The molecule has 172 valence electrons. The van der Waals surface area contributed by atoms with Crippen LogP contribution in [0.15, 0.2) is 65.3 Å². The summed E-state index contributed by atoms with van der Waals surface area (Å²) in [5.74, 6) is 0.202. The fourth-order valence-electron chi connectivity index (χ4n) is 4.01. The Morgan fingerprint density at radius 2 is 1.94 bits per heavy atom. The molecule has 0 saturated carbocycles. The van der Waals surface area contributed by atoms with Crippen LogP contribution in [0.25, 0.3) is 0 Å². The number of anilines is 2. The Hall–Kier alpha value is -2.84. The number of hydrogen-bond donors (Lipinski definition) is 2. The van der Waals surface area contributed by atoms with Gasteiger partial charge in [0.1, 0.15) is 11.6 Å². The first-order valence-electron chi connectivity index (χ1n) is 11.1. The number of rotatable bonds is 7. The van der Waals surface area contributed by atoms with Gasteiger partial charge in [0.2, 0.25) is 5.95 Å². The van der Waals surface area contributed by atoms with Crippen LogP contribution in [0.5, 0.6) is 0 Å². The molecule has 1 aromatic heterocycles. The van der Waals surface area contributed by atoms with Crippen molar-refractivity contribution in [3.63, 3.8) is 0 Å². The van der Waals surface area contributed by atoms with E-state index in [-0.39, 0.29) is 16.1 Å². The van der Waals surface area contributed by atoms with E-state index in [0.717, 1.165) is 31.5 Å². The molecule has 8 heteroatoms. The van der Waals surface area contributed by atoms with Crippen LogP contribution in [-0.4, -0.2) is 35.5 Å². The number of nitrogens with one attached hydrogen (secondary N) is 2. The zero-order valence-corrected chi connectivity index (χ0v) is 20.1. The van der Waals surface area contributed by atoms with Gasteiger partial charge in [0.15, 0.2) is 0 Å². The van der Waals surface area contributed by atoms with Crippen LogP contribution in [0.4, 0.5) is 16.2 Å². The van der Waals surface area contributed by atoms with E-state index < -0.39 is 11.7 Å². The highest BCUT2D eigenvalue weighted by molar-refractivity contribution is 9.10. The zero-order chi connectivity index (χ0) is 23.2. The Balaban J connectivity index is 1.63. The number of nitrogens with zero attached hydrogens (tertiary/aromatic N) is 3. The van der Waals surface area contributed by atoms with Crippen LogP contribution < -0.4 is 15.5 Å². The highest BCUT2D eigenvalue weighted by Crippen LogP contribution is 2.25. The maximum Gasteiger partial charge on any atom is 0.262 e. The van der Waals surface area contributed by atoms with Crippen molar-refractivity contribution < 1.29 is 9.18 Å². The minimum absolute atomic E-state index is 0.0162. The molecule has 4 rings (SSSR count). The van der Waals surface area contributed by atoms with E-state index in [2.05, 4.69) is 36.5 Å². The van der Waals surface area contributed by atoms with Gasteiger partial charge in [0, 0.05) is 12.7 Å². The molecule has 1 saturated heterocycles. The molecule has 33 heavy (non-hydrogen) atoms. The molecule has 1 atom stereocenters. The second-order valence-electron chi connectivity index (χ2n) is 8.23. The topological polar surface area (TPSA) is 70.2 Å². The van der Waals surface area contributed by atoms with Gasteiger partial charge in [-0.1, -0.05) is 36.4 Å². The van der Waals surface area contributed by atoms with E-state index in [1.165, 1.54) is 6.07 Å². The van der Waals surface area contributed by atoms with Gasteiger partial charge in [-0.15, -0.1) is 0 Å². The van der Waals surface area contributed by atoms with Crippen molar-refractivity contribution in [1.82, 2.24) is 15.3 Å². The summed E-state index contributed by atoms with van der Waals surface area (Å²) in [7, 11) is 0. The molecule has 0 radical (unpaired) electrons. The average molecular weight is 512 g/mol. The lowest BCUT2D eigenvalue weighted by Crippen LogP contribution is -2.40. The van der Waals surface area contributed by atoms with Crippen molar-refractivity contribution in [2.75, 3.05) is 29.9 Å². The summed E-state index contributed by atoms with van der Waals surface area (Å²) in [4.78, 5) is 24.1. The summed E-state index contributed by atoms with van der Waals surface area (Å²) in [5, 5.41) is 6.65. The van der Waals surface area contributed by atoms with Crippen molar-refractivity contribution >= 4 is 33.6 Å². The third-order valence-corrected chi connectivity index (χ3v) is 6.50. The number of halogens is 2. The van der Waals surface area contributed by atoms with Gasteiger partial charge in [-0.25, -0.2) is 9.37 Å². The largest absolute Gasteiger partial charge is 0.348 e. The smallest absolute Gasteiger partial charge is 0.262 e. The van der Waals surface area contributed by atoms with Crippen molar-refractivity contribution in [2.45, 2.75) is 25.8 Å². The van der Waals surface area contributed by atoms with Crippen molar-refractivity contribution in [2.24, 2.45) is 5.92 Å². The van der Waals surface area contributed by atoms with E-state index in [0.29, 0.717) is 24.2 Å². The van der Waals surface area contributed by atoms with Crippen LogP contribution in [0.3, 0.4) is 0 Å². The molecule has 0 unspecified atom stereocenters. The predicted molar refractivity (Wildman–Crippen MR) is 132 cm³/mol. The monoisotopic (exact) mass is 511 g/mol. The molecule has 1 amide bonds. The Kier molecular flexibility index (Phi) is 7.67. The molecule has 2 N–H and O–H groups in total. The number of piperidine rings is 1. The number of amides is 1. The summed E-state index contributed by atoms with van der Waals surface area (Å²) in [5.41, 5.74) is 1.12. The number of carbonyl (C=O) groups excluding carboxylic acids is 1. The van der Waals surface area contributed by atoms with Crippen LogP contribution in [0.1, 0.15) is 41.7 Å². The number of carbonyl (C=O) groups is 1. The van der Waals surface area contributed by atoms with Crippen LogP contribution in [0, 0.1) is 11.7 Å². The minimum Gasteiger partial charge on any atom is -0.348 e. The Bertz CT molecular complexity index is 1090. The van der Waals surface area contributed by atoms with E-state index in [1.54, 1.807) is 29.3 Å². The average Bonchev–Trinajstić information content (AvgIpc) is 2.85. The number of benzene rings is 2. The zero-order valence-electron chi connectivity index (χ0n) is 18.5. The molecular formula is C25H27BrFN5O. The Morgan fingerprint density at radius 3 is 2.70 bits per heavy atom. The molecule has 1 fully saturated rings. The first-order valence-corrected chi connectivity index (χ1v) is 11.9. The molecule has 6 nitrogen and oxygen atoms in total. The van der Waals surface area contributed by atoms with E-state index in [4.69, 9.17) is 0 Å². The SMILES string of the molecule is C[C@H](Nc1nccc(N(CC2CCNCC2)C(=O)c2cccc(Br)c2F)n1)c1ccccc1. The molecule has 1 aliphatic heterocycles. The van der Waals surface area contributed by atoms with Crippen molar-refractivity contribution in [3.8, 4) is 0 Å². The highest BCUT2D eigenvalue weighted by Gasteiger charge is 2.27.